The Balaban J connectivity index is 4.23. The zero-order chi connectivity index (χ0) is 36.1. The highest BCUT2D eigenvalue weighted by molar-refractivity contribution is 6.60. The third-order valence-electron chi connectivity index (χ3n) is 11.4. The lowest BCUT2D eigenvalue weighted by Crippen LogP contribution is -2.45. The predicted octanol–water partition coefficient (Wildman–Crippen LogP) is 14.9. The summed E-state index contributed by atoms with van der Waals surface area (Å²) in [5.41, 5.74) is 0. The van der Waals surface area contributed by atoms with Crippen LogP contribution >= 0.6 is 0 Å². The summed E-state index contributed by atoms with van der Waals surface area (Å²) in [7, 11) is 2.73. The van der Waals surface area contributed by atoms with Gasteiger partial charge in [-0.05, 0) is 39.7 Å². The van der Waals surface area contributed by atoms with Gasteiger partial charge in [-0.2, -0.15) is 0 Å². The summed E-state index contributed by atoms with van der Waals surface area (Å²) in [6.45, 7) is 10.7. The van der Waals surface area contributed by atoms with Crippen LogP contribution in [0, 0.1) is 0 Å². The van der Waals surface area contributed by atoms with E-state index in [2.05, 4.69) is 32.6 Å². The van der Waals surface area contributed by atoms with E-state index >= 15 is 0 Å². The van der Waals surface area contributed by atoms with E-state index in [4.69, 9.17) is 13.3 Å². The van der Waals surface area contributed by atoms with Crippen LogP contribution in [0.15, 0.2) is 0 Å². The molecule has 0 aromatic rings. The lowest BCUT2D eigenvalue weighted by molar-refractivity contribution is 0.111. The van der Waals surface area contributed by atoms with Gasteiger partial charge in [-0.1, -0.05) is 206 Å². The summed E-state index contributed by atoms with van der Waals surface area (Å²) in [5, 5.41) is 0. The molecule has 0 aromatic heterocycles. The van der Waals surface area contributed by atoms with Crippen molar-refractivity contribution < 1.29 is 13.3 Å². The van der Waals surface area contributed by atoms with Crippen molar-refractivity contribution in [1.29, 1.82) is 0 Å². The standard InChI is InChI=1S/C44H93NO3Si/c1-8-10-12-14-16-18-20-22-24-26-28-30-32-34-36-39-43(3)45(41-38-42-49(46-5,47-6)48-7)44(4)40-37-35-33-31-29-27-25-23-21-19-17-15-13-11-9-2/h43-44H,8-42H2,1-7H3. The lowest BCUT2D eigenvalue weighted by atomic mass is 10.0. The second kappa shape index (κ2) is 37.8. The molecule has 0 fully saturated rings. The molecule has 0 radical (unpaired) electrons. The van der Waals surface area contributed by atoms with Crippen LogP contribution in [0.4, 0.5) is 0 Å². The van der Waals surface area contributed by atoms with Gasteiger partial charge >= 0.3 is 8.80 Å². The van der Waals surface area contributed by atoms with Gasteiger partial charge in [-0.15, -0.1) is 0 Å². The molecule has 0 aliphatic heterocycles. The Morgan fingerprint density at radius 3 is 0.857 bits per heavy atom. The van der Waals surface area contributed by atoms with Crippen LogP contribution in [-0.2, 0) is 13.3 Å². The Hall–Kier alpha value is 0.0569. The molecule has 2 unspecified atom stereocenters. The van der Waals surface area contributed by atoms with Crippen LogP contribution < -0.4 is 0 Å². The molecule has 0 aliphatic carbocycles. The molecule has 0 aromatic carbocycles. The second-order valence-corrected chi connectivity index (χ2v) is 18.9. The highest BCUT2D eigenvalue weighted by Gasteiger charge is 2.37. The van der Waals surface area contributed by atoms with Crippen LogP contribution in [0.5, 0.6) is 0 Å². The zero-order valence-electron chi connectivity index (χ0n) is 35.1. The molecule has 0 bridgehead atoms. The summed E-state index contributed by atoms with van der Waals surface area (Å²) in [5.74, 6) is 0. The first-order chi connectivity index (χ1) is 24.0. The molecular formula is C44H93NO3Si. The van der Waals surface area contributed by atoms with E-state index in [1.807, 2.05) is 0 Å². The molecule has 296 valence electrons. The van der Waals surface area contributed by atoms with E-state index in [1.165, 1.54) is 205 Å². The zero-order valence-corrected chi connectivity index (χ0v) is 36.1. The first-order valence-corrected chi connectivity index (χ1v) is 24.3. The smallest absolute Gasteiger partial charge is 0.377 e. The Kier molecular flexibility index (Phi) is 37.8. The van der Waals surface area contributed by atoms with Crippen LogP contribution in [0.3, 0.4) is 0 Å². The molecule has 0 rings (SSSR count). The third-order valence-corrected chi connectivity index (χ3v) is 14.2. The molecule has 2 atom stereocenters. The van der Waals surface area contributed by atoms with E-state index < -0.39 is 8.80 Å². The van der Waals surface area contributed by atoms with E-state index in [-0.39, 0.29) is 0 Å². The Morgan fingerprint density at radius 2 is 0.612 bits per heavy atom. The van der Waals surface area contributed by atoms with E-state index in [1.54, 1.807) is 21.3 Å². The number of hydrogen-bond acceptors (Lipinski definition) is 4. The number of rotatable bonds is 41. The molecule has 0 saturated heterocycles. The summed E-state index contributed by atoms with van der Waals surface area (Å²) in [6, 6.07) is 2.17. The van der Waals surface area contributed by atoms with Crippen molar-refractivity contribution in [3.63, 3.8) is 0 Å². The topological polar surface area (TPSA) is 30.9 Å². The monoisotopic (exact) mass is 712 g/mol. The number of nitrogens with zero attached hydrogens (tertiary/aromatic N) is 1. The maximum atomic E-state index is 5.74. The van der Waals surface area contributed by atoms with Crippen LogP contribution in [0.2, 0.25) is 6.04 Å². The summed E-state index contributed by atoms with van der Waals surface area (Å²) < 4.78 is 17.2. The van der Waals surface area contributed by atoms with Gasteiger partial charge in [0.2, 0.25) is 0 Å². The van der Waals surface area contributed by atoms with Gasteiger partial charge in [0.05, 0.1) is 0 Å². The van der Waals surface area contributed by atoms with Crippen molar-refractivity contribution in [1.82, 2.24) is 4.90 Å². The predicted molar refractivity (Wildman–Crippen MR) is 221 cm³/mol. The van der Waals surface area contributed by atoms with Gasteiger partial charge < -0.3 is 13.3 Å². The van der Waals surface area contributed by atoms with Gasteiger partial charge in [0.15, 0.2) is 0 Å². The Bertz CT molecular complexity index is 583. The fourth-order valence-corrected chi connectivity index (χ4v) is 9.57. The maximum Gasteiger partial charge on any atom is 0.500 e. The van der Waals surface area contributed by atoms with Crippen molar-refractivity contribution in [2.24, 2.45) is 0 Å². The van der Waals surface area contributed by atoms with Crippen molar-refractivity contribution >= 4 is 8.80 Å². The van der Waals surface area contributed by atoms with E-state index in [9.17, 15) is 0 Å². The fourth-order valence-electron chi connectivity index (χ4n) is 7.86. The lowest BCUT2D eigenvalue weighted by Gasteiger charge is -2.36. The Morgan fingerprint density at radius 1 is 0.367 bits per heavy atom. The van der Waals surface area contributed by atoms with Crippen molar-refractivity contribution in [2.45, 2.75) is 258 Å². The normalized spacial score (nSPS) is 13.5. The average molecular weight is 712 g/mol. The highest BCUT2D eigenvalue weighted by atomic mass is 28.4. The molecule has 0 N–H and O–H groups in total. The quantitative estimate of drug-likeness (QED) is 0.0467. The van der Waals surface area contributed by atoms with Gasteiger partial charge in [0.1, 0.15) is 0 Å². The first-order valence-electron chi connectivity index (χ1n) is 22.4. The highest BCUT2D eigenvalue weighted by Crippen LogP contribution is 2.22. The van der Waals surface area contributed by atoms with E-state index in [0.29, 0.717) is 12.1 Å². The molecule has 0 amide bonds. The van der Waals surface area contributed by atoms with Crippen LogP contribution in [-0.4, -0.2) is 53.7 Å². The summed E-state index contributed by atoms with van der Waals surface area (Å²) >= 11 is 0. The second-order valence-electron chi connectivity index (χ2n) is 15.8. The minimum atomic E-state index is -2.51. The van der Waals surface area contributed by atoms with Crippen molar-refractivity contribution in [3.05, 3.63) is 0 Å². The third kappa shape index (κ3) is 30.2. The molecule has 0 heterocycles. The van der Waals surface area contributed by atoms with Crippen LogP contribution in [0.25, 0.3) is 0 Å². The average Bonchev–Trinajstić information content (AvgIpc) is 3.11. The molecule has 4 nitrogen and oxygen atoms in total. The molecule has 5 heteroatoms. The summed E-state index contributed by atoms with van der Waals surface area (Å²) in [4.78, 5) is 2.81. The number of hydrogen-bond donors (Lipinski definition) is 0. The minimum absolute atomic E-state index is 0.636. The molecule has 49 heavy (non-hydrogen) atoms. The Labute approximate surface area is 311 Å². The van der Waals surface area contributed by atoms with Gasteiger partial charge in [0, 0.05) is 39.5 Å². The summed E-state index contributed by atoms with van der Waals surface area (Å²) in [6.07, 6.45) is 46.7. The van der Waals surface area contributed by atoms with E-state index in [0.717, 1.165) is 19.0 Å². The molecular weight excluding hydrogens is 619 g/mol. The van der Waals surface area contributed by atoms with Gasteiger partial charge in [0.25, 0.3) is 0 Å². The van der Waals surface area contributed by atoms with Gasteiger partial charge in [-0.3, -0.25) is 4.90 Å². The molecule has 0 saturated carbocycles. The van der Waals surface area contributed by atoms with Gasteiger partial charge in [-0.25, -0.2) is 0 Å². The SMILES string of the molecule is CCCCCCCCCCCCCCCCCC(C)N(CCC[Si](OC)(OC)OC)C(C)CCCCCCCCCCCCCCCCC. The van der Waals surface area contributed by atoms with Crippen molar-refractivity contribution in [2.75, 3.05) is 27.9 Å². The van der Waals surface area contributed by atoms with Crippen molar-refractivity contribution in [3.8, 4) is 0 Å². The minimum Gasteiger partial charge on any atom is -0.377 e. The maximum absolute atomic E-state index is 5.74. The van der Waals surface area contributed by atoms with Crippen LogP contribution in [0.1, 0.15) is 240 Å². The molecule has 0 aliphatic rings. The molecule has 0 spiro atoms. The fraction of sp³-hybridized carbons (Fsp3) is 1.00. The first kappa shape index (κ1) is 49.1. The number of unbranched alkanes of at least 4 members (excludes halogenated alkanes) is 28. The largest absolute Gasteiger partial charge is 0.500 e.